The van der Waals surface area contributed by atoms with Crippen LogP contribution < -0.4 is 0 Å². The van der Waals surface area contributed by atoms with E-state index in [0.717, 1.165) is 101 Å². The molecular weight excluding hydrogens is 1400 g/mol. The second-order valence-corrected chi connectivity index (χ2v) is 29.5. The maximum absolute atomic E-state index is 5.03. The molecule has 8 nitrogen and oxygen atoms in total. The van der Waals surface area contributed by atoms with Gasteiger partial charge in [0.15, 0.2) is 0 Å². The molecule has 1 aliphatic carbocycles. The summed E-state index contributed by atoms with van der Waals surface area (Å²) >= 11 is 0. The Morgan fingerprint density at radius 1 is 0.183 bits per heavy atom. The molecule has 0 spiro atoms. The molecule has 18 aromatic carbocycles. The zero-order valence-electron chi connectivity index (χ0n) is 62.3. The number of benzene rings is 18. The topological polar surface area (TPSA) is 79.2 Å². The van der Waals surface area contributed by atoms with Gasteiger partial charge in [-0.1, -0.05) is 279 Å². The highest BCUT2D eigenvalue weighted by Crippen LogP contribution is 2.49. The monoisotopic (exact) mass is 1460 g/mol. The Bertz CT molecular complexity index is 7730. The van der Waals surface area contributed by atoms with Crippen molar-refractivity contribution in [3.63, 3.8) is 0 Å². The molecule has 0 atom stereocenters. The molecule has 0 bridgehead atoms. The van der Waals surface area contributed by atoms with E-state index in [1.165, 1.54) is 115 Å². The van der Waals surface area contributed by atoms with Crippen molar-refractivity contribution >= 4 is 109 Å². The van der Waals surface area contributed by atoms with Gasteiger partial charge in [0.25, 0.3) is 0 Å². The molecule has 8 heteroatoms. The standard InChI is InChI=1S/C39H24N2.C36H23N3.C32H21N3/c1-2-10-31(11-3-1)41-37-15-5-4-14-36(37)40-39(41)27-18-16-25(17-19-27)28-20-21-29-23-34-32-12-6-8-26-9-7-13-33(38(26)32)35(34)24-30(29)22-28;1-2-9-30(10-3-1)39-34-13-7-6-12-33(34)38-36(39)25-16-14-24(15-17-25)26-20-21-31-27(22-26)18-19-29-23-28-8-4-5-11-32(28)37-35(29)31;1-2-7-26(8-3-1)35-31-11-5-4-10-30(31)34-32(35)23-14-12-22(13-15-23)24-16-18-27-25(21-24)17-19-29-28(27)9-6-20-33-29/h1-24H;1-23H;1-21H. The van der Waals surface area contributed by atoms with E-state index in [1.807, 2.05) is 54.7 Å². The maximum atomic E-state index is 5.03. The van der Waals surface area contributed by atoms with Gasteiger partial charge in [0.2, 0.25) is 0 Å². The van der Waals surface area contributed by atoms with Gasteiger partial charge in [-0.25, -0.2) is 19.9 Å². The average Bonchev–Trinajstić information content (AvgIpc) is 1.61. The molecule has 24 rings (SSSR count). The van der Waals surface area contributed by atoms with Crippen molar-refractivity contribution in [3.8, 4) is 107 Å². The van der Waals surface area contributed by atoms with Crippen LogP contribution in [0.4, 0.5) is 0 Å². The van der Waals surface area contributed by atoms with E-state index in [9.17, 15) is 0 Å². The summed E-state index contributed by atoms with van der Waals surface area (Å²) in [7, 11) is 0. The van der Waals surface area contributed by atoms with E-state index in [0.29, 0.717) is 0 Å². The molecule has 5 aromatic heterocycles. The Hall–Kier alpha value is -15.5. The molecule has 1 aliphatic rings. The van der Waals surface area contributed by atoms with Crippen molar-refractivity contribution in [2.75, 3.05) is 0 Å². The van der Waals surface area contributed by atoms with Crippen molar-refractivity contribution in [3.05, 3.63) is 413 Å². The number of aromatic nitrogens is 8. The molecule has 5 heterocycles. The predicted octanol–water partition coefficient (Wildman–Crippen LogP) is 27.6. The van der Waals surface area contributed by atoms with Gasteiger partial charge in [0.05, 0.1) is 49.7 Å². The third-order valence-corrected chi connectivity index (χ3v) is 22.7. The Labute approximate surface area is 662 Å². The van der Waals surface area contributed by atoms with E-state index in [-0.39, 0.29) is 0 Å². The minimum atomic E-state index is 0.942. The van der Waals surface area contributed by atoms with E-state index in [1.54, 1.807) is 0 Å². The van der Waals surface area contributed by atoms with Gasteiger partial charge >= 0.3 is 0 Å². The van der Waals surface area contributed by atoms with Crippen LogP contribution in [0.15, 0.2) is 413 Å². The van der Waals surface area contributed by atoms with Crippen LogP contribution in [0.25, 0.3) is 216 Å². The molecule has 536 valence electrons. The molecule has 0 amide bonds. The summed E-state index contributed by atoms with van der Waals surface area (Å²) in [5.41, 5.74) is 28.5. The highest BCUT2D eigenvalue weighted by molar-refractivity contribution is 6.18. The largest absolute Gasteiger partial charge is 0.292 e. The maximum Gasteiger partial charge on any atom is 0.145 e. The summed E-state index contributed by atoms with van der Waals surface area (Å²) in [6.07, 6.45) is 1.84. The molecule has 0 N–H and O–H groups in total. The van der Waals surface area contributed by atoms with Gasteiger partial charge in [-0.15, -0.1) is 0 Å². The van der Waals surface area contributed by atoms with Crippen LogP contribution in [0.1, 0.15) is 0 Å². The van der Waals surface area contributed by atoms with Gasteiger partial charge in [-0.2, -0.15) is 0 Å². The molecule has 115 heavy (non-hydrogen) atoms. The van der Waals surface area contributed by atoms with Crippen LogP contribution >= 0.6 is 0 Å². The SMILES string of the molecule is c1ccc(-n2c(-c3ccc(-c4ccc5c(ccc6cc7ccccc7nc65)c4)cc3)nc3ccccc32)cc1.c1ccc(-n2c(-c3ccc(-c4ccc5c(ccc6ncccc65)c4)cc3)nc3ccccc32)cc1.c1ccc(-n2c(-c3ccc(-c4ccc5cc6c(cc5c4)-c4cccc5cccc-6c45)cc3)nc3ccccc32)cc1. The number of fused-ring (bicyclic) bond motifs is 14. The quantitative estimate of drug-likeness (QED) is 0.106. The van der Waals surface area contributed by atoms with Crippen LogP contribution in [0.3, 0.4) is 0 Å². The second kappa shape index (κ2) is 27.8. The minimum absolute atomic E-state index is 0.942. The highest BCUT2D eigenvalue weighted by Gasteiger charge is 2.24. The lowest BCUT2D eigenvalue weighted by atomic mass is 9.95. The van der Waals surface area contributed by atoms with Gasteiger partial charge < -0.3 is 0 Å². The van der Waals surface area contributed by atoms with E-state index in [4.69, 9.17) is 19.9 Å². The molecule has 0 radical (unpaired) electrons. The number of pyridine rings is 2. The van der Waals surface area contributed by atoms with E-state index < -0.39 is 0 Å². The van der Waals surface area contributed by atoms with Gasteiger partial charge in [-0.3, -0.25) is 18.7 Å². The Morgan fingerprint density at radius 2 is 0.565 bits per heavy atom. The molecule has 0 aliphatic heterocycles. The molecule has 23 aromatic rings. The lowest BCUT2D eigenvalue weighted by Crippen LogP contribution is -1.97. The molecule has 0 saturated carbocycles. The molecule has 0 fully saturated rings. The van der Waals surface area contributed by atoms with Crippen LogP contribution in [-0.2, 0) is 0 Å². The zero-order chi connectivity index (χ0) is 75.9. The smallest absolute Gasteiger partial charge is 0.145 e. The first-order chi connectivity index (χ1) is 57.0. The highest BCUT2D eigenvalue weighted by atomic mass is 15.1. The van der Waals surface area contributed by atoms with Crippen molar-refractivity contribution < 1.29 is 0 Å². The first-order valence-electron chi connectivity index (χ1n) is 39.0. The normalized spacial score (nSPS) is 11.7. The van der Waals surface area contributed by atoms with Crippen molar-refractivity contribution in [2.24, 2.45) is 0 Å². The van der Waals surface area contributed by atoms with Gasteiger partial charge in [0, 0.05) is 61.5 Å². The summed E-state index contributed by atoms with van der Waals surface area (Å²) in [5, 5.41) is 13.6. The molecule has 0 unspecified atom stereocenters. The van der Waals surface area contributed by atoms with Gasteiger partial charge in [0.1, 0.15) is 17.5 Å². The summed E-state index contributed by atoms with van der Waals surface area (Å²) in [4.78, 5) is 24.5. The zero-order valence-corrected chi connectivity index (χ0v) is 62.3. The van der Waals surface area contributed by atoms with Crippen LogP contribution in [0.5, 0.6) is 0 Å². The van der Waals surface area contributed by atoms with E-state index in [2.05, 4.69) is 377 Å². The lowest BCUT2D eigenvalue weighted by Gasteiger charge is -2.11. The number of hydrogen-bond acceptors (Lipinski definition) is 5. The van der Waals surface area contributed by atoms with Crippen LogP contribution in [-0.4, -0.2) is 38.6 Å². The second-order valence-electron chi connectivity index (χ2n) is 29.5. The van der Waals surface area contributed by atoms with Crippen LogP contribution in [0, 0.1) is 0 Å². The minimum Gasteiger partial charge on any atom is -0.292 e. The summed E-state index contributed by atoms with van der Waals surface area (Å²) < 4.78 is 6.72. The summed E-state index contributed by atoms with van der Waals surface area (Å²) in [6.45, 7) is 0. The van der Waals surface area contributed by atoms with Crippen molar-refractivity contribution in [1.82, 2.24) is 38.6 Å². The first-order valence-corrected chi connectivity index (χ1v) is 39.0. The Balaban J connectivity index is 0.000000105. The van der Waals surface area contributed by atoms with Gasteiger partial charge in [-0.05, 0) is 221 Å². The number of nitrogens with zero attached hydrogens (tertiary/aromatic N) is 8. The number of para-hydroxylation sites is 10. The van der Waals surface area contributed by atoms with Crippen molar-refractivity contribution in [1.29, 1.82) is 0 Å². The summed E-state index contributed by atoms with van der Waals surface area (Å²) in [6, 6.07) is 144. The molecule has 0 saturated heterocycles. The fourth-order valence-electron chi connectivity index (χ4n) is 17.1. The van der Waals surface area contributed by atoms with E-state index >= 15 is 0 Å². The number of imidazole rings is 3. The fourth-order valence-corrected chi connectivity index (χ4v) is 17.1. The predicted molar refractivity (Wildman–Crippen MR) is 478 cm³/mol. The fraction of sp³-hybridized carbons (Fsp3) is 0. The third-order valence-electron chi connectivity index (χ3n) is 22.7. The number of rotatable bonds is 9. The number of hydrogen-bond donors (Lipinski definition) is 0. The van der Waals surface area contributed by atoms with Crippen LogP contribution in [0.2, 0.25) is 0 Å². The van der Waals surface area contributed by atoms with Crippen molar-refractivity contribution in [2.45, 2.75) is 0 Å². The Morgan fingerprint density at radius 3 is 1.08 bits per heavy atom. The average molecular weight is 1470 g/mol. The molecular formula is C107H68N8. The third kappa shape index (κ3) is 11.8. The summed E-state index contributed by atoms with van der Waals surface area (Å²) in [5.74, 6) is 2.84. The first kappa shape index (κ1) is 66.5. The Kier molecular flexibility index (Phi) is 16.1. The lowest BCUT2D eigenvalue weighted by molar-refractivity contribution is 1.10.